The molecule has 0 aliphatic carbocycles. The van der Waals surface area contributed by atoms with Gasteiger partial charge in [0.15, 0.2) is 37.7 Å². The van der Waals surface area contributed by atoms with Crippen molar-refractivity contribution in [1.82, 2.24) is 0 Å². The molecular weight excluding hydrogens is 463 g/mol. The SMILES string of the molecule is CCOC(CC)OC(CC)OP(OC(CC)OC(CC)OCC)OC(CC)OC(CC)OCC. The molecule has 0 heterocycles. The van der Waals surface area contributed by atoms with Gasteiger partial charge < -0.3 is 28.4 Å². The van der Waals surface area contributed by atoms with Gasteiger partial charge in [-0.25, -0.2) is 0 Å². The van der Waals surface area contributed by atoms with Gasteiger partial charge in [-0.2, -0.15) is 0 Å². The van der Waals surface area contributed by atoms with Crippen LogP contribution in [0.2, 0.25) is 0 Å². The zero-order valence-corrected chi connectivity index (χ0v) is 23.8. The summed E-state index contributed by atoms with van der Waals surface area (Å²) < 4.78 is 53.5. The van der Waals surface area contributed by atoms with Gasteiger partial charge in [0.1, 0.15) is 0 Å². The Morgan fingerprint density at radius 2 is 0.618 bits per heavy atom. The van der Waals surface area contributed by atoms with Gasteiger partial charge in [-0.1, -0.05) is 41.5 Å². The Balaban J connectivity index is 5.47. The average molecular weight is 515 g/mol. The van der Waals surface area contributed by atoms with E-state index in [9.17, 15) is 0 Å². The van der Waals surface area contributed by atoms with E-state index in [-0.39, 0.29) is 18.9 Å². The third kappa shape index (κ3) is 15.2. The van der Waals surface area contributed by atoms with E-state index in [0.717, 1.165) is 0 Å². The summed E-state index contributed by atoms with van der Waals surface area (Å²) in [6, 6.07) is 0. The summed E-state index contributed by atoms with van der Waals surface area (Å²) >= 11 is 0. The van der Waals surface area contributed by atoms with Crippen molar-refractivity contribution in [3.8, 4) is 0 Å². The largest absolute Gasteiger partial charge is 0.353 e. The summed E-state index contributed by atoms with van der Waals surface area (Å²) in [6.07, 6.45) is 1.08. The first-order valence-electron chi connectivity index (χ1n) is 13.1. The maximum atomic E-state index is 6.17. The highest BCUT2D eigenvalue weighted by atomic mass is 31.2. The number of rotatable bonds is 24. The lowest BCUT2D eigenvalue weighted by Crippen LogP contribution is -2.30. The van der Waals surface area contributed by atoms with Gasteiger partial charge in [-0.3, -0.25) is 13.6 Å². The zero-order valence-electron chi connectivity index (χ0n) is 22.9. The minimum Gasteiger partial charge on any atom is -0.353 e. The predicted octanol–water partition coefficient (Wildman–Crippen LogP) is 6.84. The maximum Gasteiger partial charge on any atom is 0.339 e. The lowest BCUT2D eigenvalue weighted by Gasteiger charge is -2.31. The molecule has 0 saturated heterocycles. The van der Waals surface area contributed by atoms with Crippen molar-refractivity contribution in [3.63, 3.8) is 0 Å². The van der Waals surface area contributed by atoms with Gasteiger partial charge in [0.05, 0.1) is 0 Å². The van der Waals surface area contributed by atoms with E-state index in [1.165, 1.54) is 0 Å². The first-order chi connectivity index (χ1) is 16.4. The second kappa shape index (κ2) is 22.3. The normalized spacial score (nSPS) is 18.3. The third-order valence-corrected chi connectivity index (χ3v) is 5.80. The second-order valence-electron chi connectivity index (χ2n) is 7.34. The quantitative estimate of drug-likeness (QED) is 0.102. The van der Waals surface area contributed by atoms with E-state index >= 15 is 0 Å². The Bertz CT molecular complexity index is 385. The highest BCUT2D eigenvalue weighted by Gasteiger charge is 2.30. The van der Waals surface area contributed by atoms with Crippen molar-refractivity contribution in [1.29, 1.82) is 0 Å². The number of ether oxygens (including phenoxy) is 6. The van der Waals surface area contributed by atoms with Crippen molar-refractivity contribution in [2.24, 2.45) is 0 Å². The topological polar surface area (TPSA) is 83.1 Å². The number of hydrogen-bond donors (Lipinski definition) is 0. The molecule has 0 aromatic heterocycles. The Labute approximate surface area is 209 Å². The molecule has 0 aliphatic rings. The smallest absolute Gasteiger partial charge is 0.339 e. The van der Waals surface area contributed by atoms with E-state index in [1.54, 1.807) is 0 Å². The first-order valence-corrected chi connectivity index (χ1v) is 14.2. The average Bonchev–Trinajstić information content (AvgIpc) is 2.85. The van der Waals surface area contributed by atoms with Crippen LogP contribution in [-0.4, -0.2) is 57.6 Å². The van der Waals surface area contributed by atoms with Crippen LogP contribution in [0.25, 0.3) is 0 Å². The highest BCUT2D eigenvalue weighted by Crippen LogP contribution is 2.46. The molecule has 6 unspecified atom stereocenters. The Morgan fingerprint density at radius 3 is 0.794 bits per heavy atom. The van der Waals surface area contributed by atoms with Crippen LogP contribution >= 0.6 is 8.60 Å². The first kappa shape index (κ1) is 34.1. The molecule has 0 amide bonds. The van der Waals surface area contributed by atoms with Crippen LogP contribution in [0, 0.1) is 0 Å². The van der Waals surface area contributed by atoms with E-state index in [0.29, 0.717) is 58.3 Å². The Morgan fingerprint density at radius 1 is 0.382 bits per heavy atom. The number of hydrogen-bond acceptors (Lipinski definition) is 9. The molecule has 0 fully saturated rings. The standard InChI is InChI=1S/C24H51O9P/c1-10-19(25-16-7)28-22(13-4)31-34(32-23(14-5)29-20(11-2)26-17-8)33-24(15-6)30-21(12-3)27-18-9/h19-24H,10-18H2,1-9H3. The second-order valence-corrected chi connectivity index (χ2v) is 8.42. The van der Waals surface area contributed by atoms with Gasteiger partial charge in [-0.15, -0.1) is 0 Å². The molecule has 0 bridgehead atoms. The molecule has 0 aromatic carbocycles. The monoisotopic (exact) mass is 514 g/mol. The summed E-state index contributed by atoms with van der Waals surface area (Å²) in [7, 11) is -1.87. The van der Waals surface area contributed by atoms with Crippen molar-refractivity contribution < 1.29 is 42.0 Å². The maximum absolute atomic E-state index is 6.17. The minimum absolute atomic E-state index is 0.368. The van der Waals surface area contributed by atoms with Crippen molar-refractivity contribution in [3.05, 3.63) is 0 Å². The minimum atomic E-state index is -1.87. The molecule has 10 heteroatoms. The fourth-order valence-corrected chi connectivity index (χ4v) is 4.10. The molecule has 6 atom stereocenters. The Kier molecular flexibility index (Phi) is 22.3. The van der Waals surface area contributed by atoms with Crippen LogP contribution in [0.15, 0.2) is 0 Å². The fraction of sp³-hybridized carbons (Fsp3) is 1.00. The molecule has 0 aromatic rings. The fourth-order valence-electron chi connectivity index (χ4n) is 2.77. The Hall–Kier alpha value is 0.0700. The van der Waals surface area contributed by atoms with Crippen molar-refractivity contribution in [2.75, 3.05) is 19.8 Å². The molecule has 0 rings (SSSR count). The van der Waals surface area contributed by atoms with Crippen LogP contribution in [0.1, 0.15) is 101 Å². The van der Waals surface area contributed by atoms with Crippen LogP contribution in [0.4, 0.5) is 0 Å². The summed E-state index contributed by atoms with van der Waals surface area (Å²) in [5.74, 6) is 0. The van der Waals surface area contributed by atoms with Crippen LogP contribution in [0.3, 0.4) is 0 Å². The molecule has 0 radical (unpaired) electrons. The van der Waals surface area contributed by atoms with E-state index in [4.69, 9.17) is 42.0 Å². The summed E-state index contributed by atoms with van der Waals surface area (Å²) in [6.45, 7) is 19.4. The van der Waals surface area contributed by atoms with Gasteiger partial charge in [0.25, 0.3) is 0 Å². The van der Waals surface area contributed by atoms with E-state index < -0.39 is 27.5 Å². The molecule has 0 N–H and O–H groups in total. The lowest BCUT2D eigenvalue weighted by atomic mass is 10.4. The van der Waals surface area contributed by atoms with E-state index in [2.05, 4.69) is 0 Å². The molecule has 0 saturated carbocycles. The summed E-state index contributed by atoms with van der Waals surface area (Å²) in [5, 5.41) is 0. The van der Waals surface area contributed by atoms with Gasteiger partial charge in [-0.05, 0) is 59.3 Å². The van der Waals surface area contributed by atoms with E-state index in [1.807, 2.05) is 62.3 Å². The van der Waals surface area contributed by atoms with Crippen LogP contribution < -0.4 is 0 Å². The molecule has 9 nitrogen and oxygen atoms in total. The highest BCUT2D eigenvalue weighted by molar-refractivity contribution is 7.41. The summed E-state index contributed by atoms with van der Waals surface area (Å²) in [4.78, 5) is 0. The molecular formula is C24H51O9P. The molecule has 34 heavy (non-hydrogen) atoms. The van der Waals surface area contributed by atoms with Crippen LogP contribution in [0.5, 0.6) is 0 Å². The van der Waals surface area contributed by atoms with Crippen molar-refractivity contribution >= 4 is 8.60 Å². The van der Waals surface area contributed by atoms with Crippen molar-refractivity contribution in [2.45, 2.75) is 139 Å². The van der Waals surface area contributed by atoms with Gasteiger partial charge >= 0.3 is 8.60 Å². The zero-order chi connectivity index (χ0) is 25.8. The predicted molar refractivity (Wildman–Crippen MR) is 133 cm³/mol. The van der Waals surface area contributed by atoms with Gasteiger partial charge in [0.2, 0.25) is 0 Å². The van der Waals surface area contributed by atoms with Crippen LogP contribution in [-0.2, 0) is 42.0 Å². The molecule has 0 spiro atoms. The summed E-state index contributed by atoms with van der Waals surface area (Å²) in [5.41, 5.74) is 0. The lowest BCUT2D eigenvalue weighted by molar-refractivity contribution is -0.249. The van der Waals surface area contributed by atoms with Gasteiger partial charge in [0, 0.05) is 19.8 Å². The third-order valence-electron chi connectivity index (χ3n) is 4.58. The molecule has 206 valence electrons. The molecule has 0 aliphatic heterocycles.